The molecule has 0 bridgehead atoms. The highest BCUT2D eigenvalue weighted by Crippen LogP contribution is 2.24. The fourth-order valence-electron chi connectivity index (χ4n) is 3.67. The second-order valence-electron chi connectivity index (χ2n) is 7.12. The number of carbonyl (C=O) groups is 1. The fraction of sp³-hybridized carbons (Fsp3) is 0.500. The highest BCUT2D eigenvalue weighted by Gasteiger charge is 2.24. The molecule has 0 N–H and O–H groups in total. The van der Waals surface area contributed by atoms with Crippen molar-refractivity contribution < 1.29 is 4.79 Å². The molecule has 0 radical (unpaired) electrons. The normalized spacial score (nSPS) is 18.9. The molecule has 2 aromatic rings. The van der Waals surface area contributed by atoms with Crippen LogP contribution in [-0.2, 0) is 0 Å². The number of aromatic nitrogens is 1. The first-order chi connectivity index (χ1) is 11.5. The minimum atomic E-state index is 0.149. The van der Waals surface area contributed by atoms with Crippen molar-refractivity contribution in [1.29, 1.82) is 0 Å². The Labute approximate surface area is 144 Å². The quantitative estimate of drug-likeness (QED) is 0.849. The molecular weight excluding hydrogens is 298 g/mol. The second-order valence-corrected chi connectivity index (χ2v) is 7.12. The molecule has 0 spiro atoms. The molecule has 1 atom stereocenters. The van der Waals surface area contributed by atoms with E-state index in [1.165, 1.54) is 0 Å². The van der Waals surface area contributed by atoms with Crippen LogP contribution in [0.1, 0.15) is 40.9 Å². The number of carbonyl (C=O) groups excluding carboxylic acids is 1. The van der Waals surface area contributed by atoms with E-state index < -0.39 is 0 Å². The number of para-hydroxylation sites is 1. The molecule has 1 aromatic carbocycles. The molecule has 24 heavy (non-hydrogen) atoms. The average Bonchev–Trinajstić information content (AvgIpc) is 2.80. The van der Waals surface area contributed by atoms with Crippen LogP contribution in [0.2, 0.25) is 0 Å². The van der Waals surface area contributed by atoms with Crippen molar-refractivity contribution in [2.75, 3.05) is 27.2 Å². The van der Waals surface area contributed by atoms with E-state index in [0.29, 0.717) is 6.04 Å². The SMILES string of the molecule is Cc1cc(C(=O)N2CCCC(N(C)C)CC2)c2cccc(C)c2n1. The number of nitrogens with zero attached hydrogens (tertiary/aromatic N) is 3. The van der Waals surface area contributed by atoms with Gasteiger partial charge in [0.15, 0.2) is 0 Å². The van der Waals surface area contributed by atoms with Gasteiger partial charge < -0.3 is 9.80 Å². The monoisotopic (exact) mass is 325 g/mol. The van der Waals surface area contributed by atoms with Gasteiger partial charge in [-0.2, -0.15) is 0 Å². The Bertz CT molecular complexity index is 754. The summed E-state index contributed by atoms with van der Waals surface area (Å²) in [6.45, 7) is 5.69. The second kappa shape index (κ2) is 6.89. The third-order valence-electron chi connectivity index (χ3n) is 5.11. The van der Waals surface area contributed by atoms with Gasteiger partial charge in [-0.3, -0.25) is 9.78 Å². The number of fused-ring (bicyclic) bond motifs is 1. The van der Waals surface area contributed by atoms with Gasteiger partial charge >= 0.3 is 0 Å². The maximum Gasteiger partial charge on any atom is 0.254 e. The maximum atomic E-state index is 13.2. The van der Waals surface area contributed by atoms with Gasteiger partial charge in [0.1, 0.15) is 0 Å². The molecule has 1 unspecified atom stereocenters. The molecule has 0 saturated carbocycles. The molecule has 1 fully saturated rings. The number of hydrogen-bond donors (Lipinski definition) is 0. The highest BCUT2D eigenvalue weighted by molar-refractivity contribution is 6.06. The lowest BCUT2D eigenvalue weighted by molar-refractivity contribution is 0.0760. The summed E-state index contributed by atoms with van der Waals surface area (Å²) in [6, 6.07) is 8.59. The van der Waals surface area contributed by atoms with Gasteiger partial charge in [-0.1, -0.05) is 18.2 Å². The molecule has 1 aliphatic rings. The summed E-state index contributed by atoms with van der Waals surface area (Å²) in [5.41, 5.74) is 3.77. The van der Waals surface area contributed by atoms with Crippen LogP contribution in [0.15, 0.2) is 24.3 Å². The Morgan fingerprint density at radius 3 is 2.75 bits per heavy atom. The first-order valence-corrected chi connectivity index (χ1v) is 8.80. The zero-order chi connectivity index (χ0) is 17.3. The van der Waals surface area contributed by atoms with E-state index in [1.807, 2.05) is 30.0 Å². The van der Waals surface area contributed by atoms with Gasteiger partial charge in [0.25, 0.3) is 5.91 Å². The van der Waals surface area contributed by atoms with Crippen LogP contribution in [0.4, 0.5) is 0 Å². The minimum absolute atomic E-state index is 0.149. The van der Waals surface area contributed by atoms with E-state index in [0.717, 1.165) is 60.1 Å². The summed E-state index contributed by atoms with van der Waals surface area (Å²) in [5.74, 6) is 0.149. The van der Waals surface area contributed by atoms with Gasteiger partial charge in [0.05, 0.1) is 11.1 Å². The topological polar surface area (TPSA) is 36.4 Å². The third kappa shape index (κ3) is 3.29. The Hall–Kier alpha value is -1.94. The number of pyridine rings is 1. The summed E-state index contributed by atoms with van der Waals surface area (Å²) >= 11 is 0. The van der Waals surface area contributed by atoms with Crippen LogP contribution in [0.25, 0.3) is 10.9 Å². The Morgan fingerprint density at radius 2 is 2.00 bits per heavy atom. The summed E-state index contributed by atoms with van der Waals surface area (Å²) in [6.07, 6.45) is 3.27. The van der Waals surface area contributed by atoms with Crippen LogP contribution in [0.3, 0.4) is 0 Å². The summed E-state index contributed by atoms with van der Waals surface area (Å²) < 4.78 is 0. The molecule has 128 valence electrons. The van der Waals surface area contributed by atoms with Crippen molar-refractivity contribution in [3.05, 3.63) is 41.1 Å². The number of likely N-dealkylation sites (tertiary alicyclic amines) is 1. The first-order valence-electron chi connectivity index (χ1n) is 8.80. The van der Waals surface area contributed by atoms with Crippen molar-refractivity contribution >= 4 is 16.8 Å². The van der Waals surface area contributed by atoms with Crippen LogP contribution in [-0.4, -0.2) is 53.9 Å². The van der Waals surface area contributed by atoms with E-state index in [2.05, 4.69) is 37.0 Å². The maximum absolute atomic E-state index is 13.2. The third-order valence-corrected chi connectivity index (χ3v) is 5.11. The lowest BCUT2D eigenvalue weighted by atomic mass is 10.0. The zero-order valence-corrected chi connectivity index (χ0v) is 15.2. The Morgan fingerprint density at radius 1 is 1.21 bits per heavy atom. The number of amides is 1. The molecule has 1 saturated heterocycles. The van der Waals surface area contributed by atoms with Gasteiger partial charge in [0, 0.05) is 30.2 Å². The first kappa shape index (κ1) is 16.9. The van der Waals surface area contributed by atoms with E-state index in [4.69, 9.17) is 0 Å². The predicted molar refractivity (Wildman–Crippen MR) is 98.4 cm³/mol. The van der Waals surface area contributed by atoms with Crippen molar-refractivity contribution in [2.45, 2.75) is 39.2 Å². The smallest absolute Gasteiger partial charge is 0.254 e. The van der Waals surface area contributed by atoms with E-state index in [9.17, 15) is 4.79 Å². The molecule has 0 aliphatic carbocycles. The zero-order valence-electron chi connectivity index (χ0n) is 15.2. The van der Waals surface area contributed by atoms with Gasteiger partial charge in [-0.15, -0.1) is 0 Å². The van der Waals surface area contributed by atoms with Crippen LogP contribution < -0.4 is 0 Å². The van der Waals surface area contributed by atoms with E-state index >= 15 is 0 Å². The molecule has 4 nitrogen and oxygen atoms in total. The van der Waals surface area contributed by atoms with Crippen molar-refractivity contribution in [2.24, 2.45) is 0 Å². The number of aryl methyl sites for hydroxylation is 2. The molecular formula is C20H27N3O. The number of rotatable bonds is 2. The molecule has 3 rings (SSSR count). The predicted octanol–water partition coefficient (Wildman–Crippen LogP) is 3.41. The van der Waals surface area contributed by atoms with Crippen molar-refractivity contribution in [3.63, 3.8) is 0 Å². The number of hydrogen-bond acceptors (Lipinski definition) is 3. The van der Waals surface area contributed by atoms with Crippen LogP contribution in [0, 0.1) is 13.8 Å². The molecule has 4 heteroatoms. The highest BCUT2D eigenvalue weighted by atomic mass is 16.2. The minimum Gasteiger partial charge on any atom is -0.339 e. The van der Waals surface area contributed by atoms with Crippen molar-refractivity contribution in [1.82, 2.24) is 14.8 Å². The molecule has 1 aromatic heterocycles. The molecule has 2 heterocycles. The largest absolute Gasteiger partial charge is 0.339 e. The van der Waals surface area contributed by atoms with E-state index in [-0.39, 0.29) is 5.91 Å². The fourth-order valence-corrected chi connectivity index (χ4v) is 3.67. The van der Waals surface area contributed by atoms with Gasteiger partial charge in [-0.05, 0) is 58.8 Å². The summed E-state index contributed by atoms with van der Waals surface area (Å²) in [4.78, 5) is 22.1. The lowest BCUT2D eigenvalue weighted by Crippen LogP contribution is -2.34. The van der Waals surface area contributed by atoms with Gasteiger partial charge in [0.2, 0.25) is 0 Å². The van der Waals surface area contributed by atoms with Crippen molar-refractivity contribution in [3.8, 4) is 0 Å². The average molecular weight is 325 g/mol. The molecule has 1 amide bonds. The van der Waals surface area contributed by atoms with Crippen LogP contribution >= 0.6 is 0 Å². The summed E-state index contributed by atoms with van der Waals surface area (Å²) in [7, 11) is 4.26. The standard InChI is InChI=1S/C20H27N3O/c1-14-7-5-9-17-18(13-15(2)21-19(14)17)20(24)23-11-6-8-16(10-12-23)22(3)4/h5,7,9,13,16H,6,8,10-12H2,1-4H3. The molecule has 1 aliphatic heterocycles. The van der Waals surface area contributed by atoms with E-state index in [1.54, 1.807) is 0 Å². The summed E-state index contributed by atoms with van der Waals surface area (Å²) in [5, 5.41) is 0.971. The Kier molecular flexibility index (Phi) is 4.86. The van der Waals surface area contributed by atoms with Gasteiger partial charge in [-0.25, -0.2) is 0 Å². The van der Waals surface area contributed by atoms with Crippen LogP contribution in [0.5, 0.6) is 0 Å². The lowest BCUT2D eigenvalue weighted by Gasteiger charge is -2.24. The Balaban J connectivity index is 1.93. The number of benzene rings is 1.